The number of nitrogens with zero attached hydrogens (tertiary/aromatic N) is 1. The molecule has 0 atom stereocenters. The van der Waals surface area contributed by atoms with E-state index in [1.807, 2.05) is 6.07 Å². The van der Waals surface area contributed by atoms with E-state index >= 15 is 0 Å². The molecule has 2 amide bonds. The van der Waals surface area contributed by atoms with Gasteiger partial charge in [0, 0.05) is 18.8 Å². The summed E-state index contributed by atoms with van der Waals surface area (Å²) in [5.41, 5.74) is 2.23. The summed E-state index contributed by atoms with van der Waals surface area (Å²) < 4.78 is 24.9. The second-order valence-corrected chi connectivity index (χ2v) is 7.90. The minimum Gasteiger partial charge on any atom is -0.338 e. The second kappa shape index (κ2) is 6.56. The zero-order valence-corrected chi connectivity index (χ0v) is 14.0. The first kappa shape index (κ1) is 16.6. The van der Waals surface area contributed by atoms with E-state index in [1.54, 1.807) is 12.1 Å². The molecule has 2 N–H and O–H groups in total. The molecule has 1 aromatic rings. The normalized spacial score (nSPS) is 14.1. The summed E-state index contributed by atoms with van der Waals surface area (Å²) in [5.74, 6) is 0.531. The number of hydrogen-bond acceptors (Lipinski definition) is 3. The molecule has 122 valence electrons. The van der Waals surface area contributed by atoms with Gasteiger partial charge in [0.2, 0.25) is 10.0 Å². The Morgan fingerprint density at radius 3 is 2.73 bits per heavy atom. The van der Waals surface area contributed by atoms with Crippen LogP contribution in [0.1, 0.15) is 25.8 Å². The van der Waals surface area contributed by atoms with Crippen molar-refractivity contribution in [3.8, 4) is 0 Å². The molecule has 0 aromatic heterocycles. The number of benzene rings is 1. The Labute approximate surface area is 131 Å². The first-order chi connectivity index (χ1) is 10.3. The Kier molecular flexibility index (Phi) is 4.95. The highest BCUT2D eigenvalue weighted by atomic mass is 32.2. The van der Waals surface area contributed by atoms with Crippen LogP contribution in [0.25, 0.3) is 0 Å². The van der Waals surface area contributed by atoms with Gasteiger partial charge >= 0.3 is 6.03 Å². The highest BCUT2D eigenvalue weighted by Crippen LogP contribution is 2.32. The van der Waals surface area contributed by atoms with Crippen LogP contribution in [0.15, 0.2) is 18.2 Å². The Morgan fingerprint density at radius 2 is 2.09 bits per heavy atom. The van der Waals surface area contributed by atoms with Crippen LogP contribution in [0.5, 0.6) is 0 Å². The van der Waals surface area contributed by atoms with Gasteiger partial charge in [-0.2, -0.15) is 0 Å². The molecule has 1 heterocycles. The number of nitrogens with one attached hydrogen (secondary N) is 2. The number of anilines is 2. The summed E-state index contributed by atoms with van der Waals surface area (Å²) in [6.07, 6.45) is 2.81. The fraction of sp³-hybridized carbons (Fsp3) is 0.533. The number of sulfonamides is 1. The molecule has 0 saturated heterocycles. The highest BCUT2D eigenvalue weighted by molar-refractivity contribution is 7.92. The van der Waals surface area contributed by atoms with Gasteiger partial charge in [0.15, 0.2) is 0 Å². The van der Waals surface area contributed by atoms with Gasteiger partial charge in [-0.1, -0.05) is 19.9 Å². The summed E-state index contributed by atoms with van der Waals surface area (Å²) in [6, 6.07) is 5.10. The van der Waals surface area contributed by atoms with Gasteiger partial charge in [-0.05, 0) is 36.5 Å². The smallest absolute Gasteiger partial charge is 0.319 e. The van der Waals surface area contributed by atoms with Crippen molar-refractivity contribution >= 4 is 27.4 Å². The van der Waals surface area contributed by atoms with Crippen molar-refractivity contribution in [2.45, 2.75) is 26.7 Å². The fourth-order valence-corrected chi connectivity index (χ4v) is 3.37. The Hall–Kier alpha value is -1.76. The van der Waals surface area contributed by atoms with Gasteiger partial charge in [0.05, 0.1) is 11.9 Å². The lowest BCUT2D eigenvalue weighted by Gasteiger charge is -2.17. The molecule has 0 bridgehead atoms. The Morgan fingerprint density at radius 1 is 1.36 bits per heavy atom. The van der Waals surface area contributed by atoms with Crippen LogP contribution in [0.4, 0.5) is 16.2 Å². The highest BCUT2D eigenvalue weighted by Gasteiger charge is 2.26. The molecule has 0 saturated carbocycles. The maximum atomic E-state index is 11.8. The fourth-order valence-electron chi connectivity index (χ4n) is 2.42. The van der Waals surface area contributed by atoms with E-state index in [4.69, 9.17) is 0 Å². The van der Waals surface area contributed by atoms with Crippen molar-refractivity contribution in [1.82, 2.24) is 5.32 Å². The van der Waals surface area contributed by atoms with Gasteiger partial charge in [-0.25, -0.2) is 13.2 Å². The standard InChI is InChI=1S/C15H23N3O3S/c1-11(2)6-8-16-15(19)17-13-5-4-12-7-9-18(14(12)10-13)22(3,20)21/h4-5,10-11H,6-9H2,1-3H3,(H2,16,17,19). The third-order valence-electron chi connectivity index (χ3n) is 3.60. The van der Waals surface area contributed by atoms with Crippen LogP contribution in [-0.2, 0) is 16.4 Å². The number of urea groups is 1. The van der Waals surface area contributed by atoms with Gasteiger partial charge in [0.25, 0.3) is 0 Å². The lowest BCUT2D eigenvalue weighted by Crippen LogP contribution is -2.30. The zero-order valence-electron chi connectivity index (χ0n) is 13.2. The Bertz CT molecular complexity index is 656. The van der Waals surface area contributed by atoms with Gasteiger partial charge in [-0.3, -0.25) is 4.31 Å². The van der Waals surface area contributed by atoms with Crippen LogP contribution < -0.4 is 14.9 Å². The van der Waals surface area contributed by atoms with E-state index in [0.717, 1.165) is 12.0 Å². The molecule has 0 unspecified atom stereocenters. The van der Waals surface area contributed by atoms with Gasteiger partial charge in [0.1, 0.15) is 0 Å². The largest absolute Gasteiger partial charge is 0.338 e. The number of amides is 2. The van der Waals surface area contributed by atoms with Crippen LogP contribution in [0, 0.1) is 5.92 Å². The average molecular weight is 325 g/mol. The summed E-state index contributed by atoms with van der Waals surface area (Å²) in [5, 5.41) is 5.54. The van der Waals surface area contributed by atoms with Crippen LogP contribution in [0.3, 0.4) is 0 Å². The number of carbonyl (C=O) groups excluding carboxylic acids is 1. The molecular weight excluding hydrogens is 302 g/mol. The van der Waals surface area contributed by atoms with Crippen LogP contribution >= 0.6 is 0 Å². The van der Waals surface area contributed by atoms with E-state index in [2.05, 4.69) is 24.5 Å². The van der Waals surface area contributed by atoms with Crippen molar-refractivity contribution in [1.29, 1.82) is 0 Å². The number of carbonyl (C=O) groups is 1. The van der Waals surface area contributed by atoms with E-state index < -0.39 is 10.0 Å². The molecule has 2 rings (SSSR count). The number of hydrogen-bond donors (Lipinski definition) is 2. The number of fused-ring (bicyclic) bond motifs is 1. The molecule has 1 aliphatic heterocycles. The van der Waals surface area contributed by atoms with Crippen molar-refractivity contribution < 1.29 is 13.2 Å². The monoisotopic (exact) mass is 325 g/mol. The number of rotatable bonds is 5. The van der Waals surface area contributed by atoms with E-state index in [1.165, 1.54) is 10.6 Å². The molecule has 0 radical (unpaired) electrons. The predicted molar refractivity (Wildman–Crippen MR) is 88.8 cm³/mol. The molecule has 7 heteroatoms. The molecule has 1 aliphatic rings. The van der Waals surface area contributed by atoms with Crippen LogP contribution in [-0.4, -0.2) is 33.8 Å². The molecule has 6 nitrogen and oxygen atoms in total. The zero-order chi connectivity index (χ0) is 16.3. The minimum absolute atomic E-state index is 0.274. The summed E-state index contributed by atoms with van der Waals surface area (Å²) >= 11 is 0. The topological polar surface area (TPSA) is 78.5 Å². The maximum Gasteiger partial charge on any atom is 0.319 e. The third kappa shape index (κ3) is 4.13. The first-order valence-corrected chi connectivity index (χ1v) is 9.27. The SMILES string of the molecule is CC(C)CCNC(=O)Nc1ccc2c(c1)N(S(C)(=O)=O)CC2. The van der Waals surface area contributed by atoms with E-state index in [0.29, 0.717) is 36.8 Å². The van der Waals surface area contributed by atoms with Crippen molar-refractivity contribution in [2.75, 3.05) is 29.0 Å². The van der Waals surface area contributed by atoms with Gasteiger partial charge in [-0.15, -0.1) is 0 Å². The molecule has 0 fully saturated rings. The second-order valence-electron chi connectivity index (χ2n) is 5.99. The quantitative estimate of drug-likeness (QED) is 0.871. The van der Waals surface area contributed by atoms with Gasteiger partial charge < -0.3 is 10.6 Å². The van der Waals surface area contributed by atoms with E-state index in [9.17, 15) is 13.2 Å². The first-order valence-electron chi connectivity index (χ1n) is 7.43. The lowest BCUT2D eigenvalue weighted by atomic mass is 10.1. The minimum atomic E-state index is -3.28. The predicted octanol–water partition coefficient (Wildman–Crippen LogP) is 2.18. The molecule has 0 spiro atoms. The van der Waals surface area contributed by atoms with E-state index in [-0.39, 0.29) is 6.03 Å². The summed E-state index contributed by atoms with van der Waals surface area (Å²) in [4.78, 5) is 11.8. The lowest BCUT2D eigenvalue weighted by molar-refractivity contribution is 0.251. The van der Waals surface area contributed by atoms with Crippen molar-refractivity contribution in [2.24, 2.45) is 5.92 Å². The van der Waals surface area contributed by atoms with Crippen molar-refractivity contribution in [3.05, 3.63) is 23.8 Å². The van der Waals surface area contributed by atoms with Crippen LogP contribution in [0.2, 0.25) is 0 Å². The summed E-state index contributed by atoms with van der Waals surface area (Å²) in [6.45, 7) is 5.27. The van der Waals surface area contributed by atoms with Crippen molar-refractivity contribution in [3.63, 3.8) is 0 Å². The summed E-state index contributed by atoms with van der Waals surface area (Å²) in [7, 11) is -3.28. The molecular formula is C15H23N3O3S. The third-order valence-corrected chi connectivity index (χ3v) is 4.78. The average Bonchev–Trinajstić information content (AvgIpc) is 2.81. The Balaban J connectivity index is 2.04. The molecule has 0 aliphatic carbocycles. The molecule has 1 aromatic carbocycles. The maximum absolute atomic E-state index is 11.8. The molecule has 22 heavy (non-hydrogen) atoms.